The van der Waals surface area contributed by atoms with Crippen molar-refractivity contribution >= 4 is 11.9 Å². The second-order valence-electron chi connectivity index (χ2n) is 3.50. The summed E-state index contributed by atoms with van der Waals surface area (Å²) in [4.78, 5) is 21.5. The third-order valence-corrected chi connectivity index (χ3v) is 0.821. The lowest BCUT2D eigenvalue weighted by molar-refractivity contribution is -0.836. The van der Waals surface area contributed by atoms with Gasteiger partial charge in [0.05, 0.1) is 21.1 Å². The van der Waals surface area contributed by atoms with Gasteiger partial charge < -0.3 is 19.5 Å². The molecule has 0 aliphatic carbocycles. The van der Waals surface area contributed by atoms with Crippen molar-refractivity contribution in [2.45, 2.75) is 26.4 Å². The summed E-state index contributed by atoms with van der Waals surface area (Å²) in [6.07, 6.45) is -0.845. The third kappa shape index (κ3) is 22.4. The molecule has 0 radical (unpaired) electrons. The summed E-state index contributed by atoms with van der Waals surface area (Å²) in [5, 5.41) is 9.89. The molecule has 0 unspecified atom stereocenters. The molecule has 0 amide bonds. The fourth-order valence-corrected chi connectivity index (χ4v) is 0.560. The van der Waals surface area contributed by atoms with Crippen molar-refractivity contribution in [3.8, 4) is 0 Å². The SMILES string of the molecule is CC(=O)O[C@H](C)CC(=O)[O-].C[NH+](C)C. The highest BCUT2D eigenvalue weighted by Crippen LogP contribution is 1.95. The summed E-state index contributed by atoms with van der Waals surface area (Å²) in [5.74, 6) is -1.69. The van der Waals surface area contributed by atoms with Crippen molar-refractivity contribution < 1.29 is 24.3 Å². The molecular weight excluding hydrogens is 186 g/mol. The lowest BCUT2D eigenvalue weighted by Gasteiger charge is -2.11. The van der Waals surface area contributed by atoms with E-state index in [0.29, 0.717) is 0 Å². The highest BCUT2D eigenvalue weighted by molar-refractivity contribution is 5.68. The average Bonchev–Trinajstić information content (AvgIpc) is 1.79. The molecule has 0 saturated carbocycles. The minimum atomic E-state index is -1.21. The summed E-state index contributed by atoms with van der Waals surface area (Å²) >= 11 is 0. The molecule has 0 bridgehead atoms. The molecule has 0 spiro atoms. The maximum absolute atomic E-state index is 10.2. The van der Waals surface area contributed by atoms with Gasteiger partial charge in [0.1, 0.15) is 6.10 Å². The zero-order chi connectivity index (χ0) is 11.7. The molecule has 14 heavy (non-hydrogen) atoms. The summed E-state index contributed by atoms with van der Waals surface area (Å²) in [7, 11) is 6.25. The van der Waals surface area contributed by atoms with Crippen molar-refractivity contribution in [2.24, 2.45) is 0 Å². The number of carboxylic acid groups (broad SMARTS) is 1. The van der Waals surface area contributed by atoms with Crippen molar-refractivity contribution in [1.29, 1.82) is 0 Å². The molecule has 0 aromatic rings. The molecule has 0 aliphatic heterocycles. The highest BCUT2D eigenvalue weighted by atomic mass is 16.5. The zero-order valence-electron chi connectivity index (χ0n) is 9.42. The maximum atomic E-state index is 10.2. The van der Waals surface area contributed by atoms with Crippen molar-refractivity contribution in [3.05, 3.63) is 0 Å². The highest BCUT2D eigenvalue weighted by Gasteiger charge is 2.03. The first-order valence-electron chi connectivity index (χ1n) is 4.39. The van der Waals surface area contributed by atoms with E-state index in [1.165, 1.54) is 18.7 Å². The van der Waals surface area contributed by atoms with Crippen LogP contribution in [0.4, 0.5) is 0 Å². The Labute approximate surface area is 84.7 Å². The van der Waals surface area contributed by atoms with Crippen molar-refractivity contribution in [3.63, 3.8) is 0 Å². The summed E-state index contributed by atoms with van der Waals surface area (Å²) < 4.78 is 4.50. The van der Waals surface area contributed by atoms with Gasteiger partial charge in [0.25, 0.3) is 0 Å². The number of carbonyl (C=O) groups excluding carboxylic acids is 2. The molecule has 0 fully saturated rings. The monoisotopic (exact) mass is 205 g/mol. The van der Waals surface area contributed by atoms with Gasteiger partial charge in [-0.05, 0) is 6.92 Å². The molecule has 0 heterocycles. The topological polar surface area (TPSA) is 70.9 Å². The number of rotatable bonds is 3. The Morgan fingerprint density at radius 3 is 1.93 bits per heavy atom. The minimum absolute atomic E-state index is 0.250. The van der Waals surface area contributed by atoms with Gasteiger partial charge in [0.15, 0.2) is 0 Å². The summed E-state index contributed by atoms with van der Waals surface area (Å²) in [6, 6.07) is 0. The number of hydrogen-bond donors (Lipinski definition) is 1. The maximum Gasteiger partial charge on any atom is 0.302 e. The predicted molar refractivity (Wildman–Crippen MR) is 49.6 cm³/mol. The molecule has 0 rings (SSSR count). The number of nitrogens with one attached hydrogen (secondary N) is 1. The second-order valence-corrected chi connectivity index (χ2v) is 3.50. The van der Waals surface area contributed by atoms with Crippen LogP contribution in [0.25, 0.3) is 0 Å². The van der Waals surface area contributed by atoms with Crippen LogP contribution in [-0.2, 0) is 14.3 Å². The molecule has 0 aliphatic rings. The van der Waals surface area contributed by atoms with Crippen LogP contribution < -0.4 is 10.0 Å². The van der Waals surface area contributed by atoms with Crippen LogP contribution in [0.3, 0.4) is 0 Å². The van der Waals surface area contributed by atoms with Crippen LogP contribution in [0.1, 0.15) is 20.3 Å². The fourth-order valence-electron chi connectivity index (χ4n) is 0.560. The minimum Gasteiger partial charge on any atom is -0.550 e. The second kappa shape index (κ2) is 8.50. The predicted octanol–water partition coefficient (Wildman–Crippen LogP) is -2.16. The summed E-state index contributed by atoms with van der Waals surface area (Å²) in [6.45, 7) is 2.73. The van der Waals surface area contributed by atoms with Gasteiger partial charge >= 0.3 is 5.97 Å². The first-order valence-corrected chi connectivity index (χ1v) is 4.39. The molecule has 1 atom stereocenters. The molecule has 5 heteroatoms. The Morgan fingerprint density at radius 1 is 1.36 bits per heavy atom. The van der Waals surface area contributed by atoms with E-state index in [2.05, 4.69) is 25.9 Å². The normalized spacial score (nSPS) is 11.3. The van der Waals surface area contributed by atoms with Gasteiger partial charge in [0.2, 0.25) is 0 Å². The van der Waals surface area contributed by atoms with Gasteiger partial charge in [-0.15, -0.1) is 0 Å². The summed E-state index contributed by atoms with van der Waals surface area (Å²) in [5.41, 5.74) is 0. The molecule has 0 saturated heterocycles. The van der Waals surface area contributed by atoms with Gasteiger partial charge in [-0.2, -0.15) is 0 Å². The van der Waals surface area contributed by atoms with E-state index in [-0.39, 0.29) is 6.42 Å². The molecule has 5 nitrogen and oxygen atoms in total. The number of ether oxygens (including phenoxy) is 1. The van der Waals surface area contributed by atoms with E-state index in [4.69, 9.17) is 0 Å². The Balaban J connectivity index is 0. The van der Waals surface area contributed by atoms with E-state index in [9.17, 15) is 14.7 Å². The number of aliphatic carboxylic acids is 1. The lowest BCUT2D eigenvalue weighted by atomic mass is 10.3. The smallest absolute Gasteiger partial charge is 0.302 e. The standard InChI is InChI=1S/C6H10O4.C3H9N/c1-4(3-6(8)9)10-5(2)7;1-4(2)3/h4H,3H2,1-2H3,(H,8,9);1-3H3/t4-;/m1./s1. The van der Waals surface area contributed by atoms with Crippen LogP contribution in [0.15, 0.2) is 0 Å². The van der Waals surface area contributed by atoms with Crippen LogP contribution in [-0.4, -0.2) is 39.2 Å². The Bertz CT molecular complexity index is 161. The van der Waals surface area contributed by atoms with Crippen molar-refractivity contribution in [1.82, 2.24) is 0 Å². The van der Waals surface area contributed by atoms with Gasteiger partial charge in [0, 0.05) is 19.3 Å². The number of carboxylic acids is 1. The quantitative estimate of drug-likeness (QED) is 0.533. The van der Waals surface area contributed by atoms with E-state index >= 15 is 0 Å². The molecular formula is C9H19NO4. The van der Waals surface area contributed by atoms with E-state index < -0.39 is 18.0 Å². The molecule has 84 valence electrons. The number of carbonyl (C=O) groups is 2. The van der Waals surface area contributed by atoms with E-state index in [1.54, 1.807) is 0 Å². The van der Waals surface area contributed by atoms with Crippen molar-refractivity contribution in [2.75, 3.05) is 21.1 Å². The first kappa shape index (κ1) is 15.4. The zero-order valence-corrected chi connectivity index (χ0v) is 9.42. The molecule has 0 aromatic heterocycles. The number of esters is 1. The Morgan fingerprint density at radius 2 is 1.71 bits per heavy atom. The van der Waals surface area contributed by atoms with Crippen LogP contribution in [0.2, 0.25) is 0 Å². The largest absolute Gasteiger partial charge is 0.550 e. The van der Waals surface area contributed by atoms with Crippen LogP contribution in [0, 0.1) is 0 Å². The average molecular weight is 205 g/mol. The lowest BCUT2D eigenvalue weighted by Crippen LogP contribution is -3.02. The van der Waals surface area contributed by atoms with E-state index in [0.717, 1.165) is 0 Å². The molecule has 1 N–H and O–H groups in total. The van der Waals surface area contributed by atoms with Gasteiger partial charge in [-0.25, -0.2) is 0 Å². The Kier molecular flexibility index (Phi) is 9.33. The third-order valence-electron chi connectivity index (χ3n) is 0.821. The first-order chi connectivity index (χ1) is 6.25. The number of quaternary nitrogens is 1. The molecule has 0 aromatic carbocycles. The van der Waals surface area contributed by atoms with Gasteiger partial charge in [-0.1, -0.05) is 0 Å². The number of hydrogen-bond acceptors (Lipinski definition) is 4. The van der Waals surface area contributed by atoms with Crippen LogP contribution >= 0.6 is 0 Å². The van der Waals surface area contributed by atoms with E-state index in [1.807, 2.05) is 0 Å². The fraction of sp³-hybridized carbons (Fsp3) is 0.778. The Hall–Kier alpha value is -1.10. The van der Waals surface area contributed by atoms with Crippen LogP contribution in [0.5, 0.6) is 0 Å². The van der Waals surface area contributed by atoms with Gasteiger partial charge in [-0.3, -0.25) is 4.79 Å².